The molecule has 1 unspecified atom stereocenters. The Morgan fingerprint density at radius 2 is 2.39 bits per heavy atom. The van der Waals surface area contributed by atoms with Crippen LogP contribution in [0.5, 0.6) is 0 Å². The highest BCUT2D eigenvalue weighted by atomic mass is 32.2. The number of rotatable bonds is 3. The van der Waals surface area contributed by atoms with Crippen LogP contribution in [-0.2, 0) is 0 Å². The Balaban J connectivity index is 2.38. The fourth-order valence-corrected chi connectivity index (χ4v) is 4.17. The normalized spacial score (nSPS) is 21.9. The van der Waals surface area contributed by atoms with Gasteiger partial charge in [0.25, 0.3) is 0 Å². The van der Waals surface area contributed by atoms with E-state index in [1.165, 1.54) is 17.4 Å². The molecule has 1 saturated heterocycles. The van der Waals surface area contributed by atoms with Crippen LogP contribution < -0.4 is 4.90 Å². The van der Waals surface area contributed by atoms with Gasteiger partial charge < -0.3 is 10.0 Å². The zero-order valence-electron chi connectivity index (χ0n) is 10.3. The van der Waals surface area contributed by atoms with Crippen molar-refractivity contribution in [2.45, 2.75) is 26.0 Å². The second-order valence-electron chi connectivity index (χ2n) is 4.39. The summed E-state index contributed by atoms with van der Waals surface area (Å²) >= 11 is 3.20. The number of thiophene rings is 1. The van der Waals surface area contributed by atoms with E-state index in [9.17, 15) is 15.2 Å². The average Bonchev–Trinajstić information content (AvgIpc) is 2.74. The number of nitro groups is 1. The first-order valence-corrected chi connectivity index (χ1v) is 7.78. The first-order valence-electron chi connectivity index (χ1n) is 5.81. The van der Waals surface area contributed by atoms with Gasteiger partial charge in [0, 0.05) is 35.0 Å². The summed E-state index contributed by atoms with van der Waals surface area (Å²) in [5.74, 6) is 1.97. The van der Waals surface area contributed by atoms with Crippen LogP contribution in [0.25, 0.3) is 0 Å². The van der Waals surface area contributed by atoms with Crippen LogP contribution in [0.15, 0.2) is 6.07 Å². The first-order chi connectivity index (χ1) is 8.50. The number of aliphatic hydroxyl groups is 1. The van der Waals surface area contributed by atoms with Crippen molar-refractivity contribution < 1.29 is 10.0 Å². The molecule has 1 aliphatic rings. The van der Waals surface area contributed by atoms with Crippen molar-refractivity contribution in [3.63, 3.8) is 0 Å². The molecular weight excluding hydrogens is 272 g/mol. The molecule has 2 rings (SSSR count). The number of nitrogens with zero attached hydrogens (tertiary/aromatic N) is 2. The van der Waals surface area contributed by atoms with Crippen LogP contribution in [0.4, 0.5) is 10.7 Å². The molecule has 0 saturated carbocycles. The van der Waals surface area contributed by atoms with Crippen molar-refractivity contribution in [2.75, 3.05) is 23.0 Å². The minimum Gasteiger partial charge on any atom is -0.388 e. The molecule has 0 amide bonds. The summed E-state index contributed by atoms with van der Waals surface area (Å²) in [6.45, 7) is 4.54. The van der Waals surface area contributed by atoms with Gasteiger partial charge in [-0.1, -0.05) is 0 Å². The lowest BCUT2D eigenvalue weighted by atomic mass is 10.3. The van der Waals surface area contributed by atoms with Gasteiger partial charge in [-0.3, -0.25) is 10.1 Å². The zero-order chi connectivity index (χ0) is 13.3. The van der Waals surface area contributed by atoms with E-state index in [0.29, 0.717) is 15.9 Å². The minimum absolute atomic E-state index is 0.120. The van der Waals surface area contributed by atoms with E-state index in [-0.39, 0.29) is 10.6 Å². The summed E-state index contributed by atoms with van der Waals surface area (Å²) in [6, 6.07) is 1.79. The first kappa shape index (κ1) is 13.6. The van der Waals surface area contributed by atoms with Crippen LogP contribution in [0, 0.1) is 10.1 Å². The second kappa shape index (κ2) is 5.46. The van der Waals surface area contributed by atoms with Crippen molar-refractivity contribution in [2.24, 2.45) is 0 Å². The molecule has 1 N–H and O–H groups in total. The van der Waals surface area contributed by atoms with E-state index in [0.717, 1.165) is 18.1 Å². The van der Waals surface area contributed by atoms with Gasteiger partial charge in [-0.05, 0) is 13.8 Å². The van der Waals surface area contributed by atoms with Crippen LogP contribution in [0.1, 0.15) is 24.8 Å². The summed E-state index contributed by atoms with van der Waals surface area (Å²) in [5.41, 5.74) is 0.120. The fraction of sp³-hybridized carbons (Fsp3) is 0.636. The molecular formula is C11H16N2O3S2. The van der Waals surface area contributed by atoms with E-state index < -0.39 is 6.10 Å². The van der Waals surface area contributed by atoms with E-state index >= 15 is 0 Å². The van der Waals surface area contributed by atoms with Crippen molar-refractivity contribution in [3.05, 3.63) is 21.1 Å². The van der Waals surface area contributed by atoms with Crippen molar-refractivity contribution in [3.8, 4) is 0 Å². The topological polar surface area (TPSA) is 66.6 Å². The molecule has 1 aromatic rings. The van der Waals surface area contributed by atoms with E-state index in [2.05, 4.69) is 11.8 Å². The van der Waals surface area contributed by atoms with Crippen molar-refractivity contribution >= 4 is 33.8 Å². The molecule has 0 spiro atoms. The second-order valence-corrected chi connectivity index (χ2v) is 6.60. The van der Waals surface area contributed by atoms with E-state index in [1.807, 2.05) is 11.8 Å². The highest BCUT2D eigenvalue weighted by Gasteiger charge is 2.29. The monoisotopic (exact) mass is 288 g/mol. The van der Waals surface area contributed by atoms with E-state index in [4.69, 9.17) is 0 Å². The fourth-order valence-electron chi connectivity index (χ4n) is 1.96. The van der Waals surface area contributed by atoms with Gasteiger partial charge in [-0.15, -0.1) is 11.3 Å². The van der Waals surface area contributed by atoms with Crippen molar-refractivity contribution in [1.82, 2.24) is 0 Å². The maximum absolute atomic E-state index is 11.1. The molecule has 7 heteroatoms. The summed E-state index contributed by atoms with van der Waals surface area (Å²) in [7, 11) is 0. The van der Waals surface area contributed by atoms with Gasteiger partial charge >= 0.3 is 5.69 Å². The maximum Gasteiger partial charge on any atom is 0.304 e. The lowest BCUT2D eigenvalue weighted by Crippen LogP contribution is -2.40. The summed E-state index contributed by atoms with van der Waals surface area (Å²) in [6.07, 6.45) is -0.656. The van der Waals surface area contributed by atoms with Gasteiger partial charge in [0.1, 0.15) is 0 Å². The molecule has 2 atom stereocenters. The smallest absolute Gasteiger partial charge is 0.304 e. The molecule has 5 nitrogen and oxygen atoms in total. The molecule has 2 heterocycles. The van der Waals surface area contributed by atoms with Gasteiger partial charge in [-0.2, -0.15) is 11.8 Å². The Kier molecular flexibility index (Phi) is 4.14. The summed E-state index contributed by atoms with van der Waals surface area (Å²) < 4.78 is 0. The van der Waals surface area contributed by atoms with E-state index in [1.54, 1.807) is 6.92 Å². The summed E-state index contributed by atoms with van der Waals surface area (Å²) in [5, 5.41) is 21.4. The van der Waals surface area contributed by atoms with Gasteiger partial charge in [-0.25, -0.2) is 0 Å². The molecule has 0 aromatic carbocycles. The third-order valence-electron chi connectivity index (χ3n) is 2.95. The van der Waals surface area contributed by atoms with Crippen LogP contribution >= 0.6 is 23.1 Å². The molecule has 1 aromatic heterocycles. The van der Waals surface area contributed by atoms with Crippen LogP contribution in [-0.4, -0.2) is 34.1 Å². The standard InChI is InChI=1S/C11H16N2O3S2/c1-7-6-17-4-3-12(7)11-9(13(15)16)5-10(18-11)8(2)14/h5,7-8,14H,3-4,6H2,1-2H3/t7?,8-/m1/s1. The Morgan fingerprint density at radius 3 is 2.94 bits per heavy atom. The molecule has 0 aliphatic carbocycles. The molecule has 18 heavy (non-hydrogen) atoms. The number of hydrogen-bond donors (Lipinski definition) is 1. The number of hydrogen-bond acceptors (Lipinski definition) is 6. The predicted molar refractivity (Wildman–Crippen MR) is 75.7 cm³/mol. The lowest BCUT2D eigenvalue weighted by molar-refractivity contribution is -0.383. The largest absolute Gasteiger partial charge is 0.388 e. The Hall–Kier alpha value is -0.790. The quantitative estimate of drug-likeness (QED) is 0.684. The third-order valence-corrected chi connectivity index (χ3v) is 5.47. The van der Waals surface area contributed by atoms with Crippen LogP contribution in [0.2, 0.25) is 0 Å². The number of thioether (sulfide) groups is 1. The average molecular weight is 288 g/mol. The van der Waals surface area contributed by atoms with Gasteiger partial charge in [0.05, 0.1) is 11.0 Å². The van der Waals surface area contributed by atoms with Crippen LogP contribution in [0.3, 0.4) is 0 Å². The molecule has 1 aliphatic heterocycles. The minimum atomic E-state index is -0.656. The van der Waals surface area contributed by atoms with Crippen molar-refractivity contribution in [1.29, 1.82) is 0 Å². The number of anilines is 1. The zero-order valence-corrected chi connectivity index (χ0v) is 12.0. The Labute approximate surface area is 114 Å². The molecule has 0 radical (unpaired) electrons. The highest BCUT2D eigenvalue weighted by molar-refractivity contribution is 7.99. The third kappa shape index (κ3) is 2.62. The Bertz CT molecular complexity index is 447. The molecule has 1 fully saturated rings. The maximum atomic E-state index is 11.1. The lowest BCUT2D eigenvalue weighted by Gasteiger charge is -2.33. The van der Waals surface area contributed by atoms with Gasteiger partial charge in [0.15, 0.2) is 5.00 Å². The molecule has 100 valence electrons. The van der Waals surface area contributed by atoms with Gasteiger partial charge in [0.2, 0.25) is 0 Å². The summed E-state index contributed by atoms with van der Waals surface area (Å²) in [4.78, 5) is 13.5. The highest BCUT2D eigenvalue weighted by Crippen LogP contribution is 2.42. The number of aliphatic hydroxyl groups excluding tert-OH is 1. The molecule has 0 bridgehead atoms. The Morgan fingerprint density at radius 1 is 1.67 bits per heavy atom. The SMILES string of the molecule is CC1CSCCN1c1sc([C@@H](C)O)cc1[N+](=O)[O-]. The predicted octanol–water partition coefficient (Wildman–Crippen LogP) is 2.65.